The van der Waals surface area contributed by atoms with Crippen LogP contribution in [0.5, 0.6) is 0 Å². The fourth-order valence-electron chi connectivity index (χ4n) is 2.32. The molecule has 126 valence electrons. The molecule has 0 aromatic heterocycles. The van der Waals surface area contributed by atoms with Gasteiger partial charge in [-0.1, -0.05) is 13.8 Å². The molecule has 22 heavy (non-hydrogen) atoms. The normalized spacial score (nSPS) is 20.0. The van der Waals surface area contributed by atoms with E-state index in [2.05, 4.69) is 10.1 Å². The number of methoxy groups -OCH3 is 1. The van der Waals surface area contributed by atoms with Crippen LogP contribution in [0.4, 0.5) is 13.2 Å². The first kappa shape index (κ1) is 18.2. The molecule has 1 N–H and O–H groups in total. The Kier molecular flexibility index (Phi) is 5.78. The van der Waals surface area contributed by atoms with Gasteiger partial charge < -0.3 is 15.0 Å². The number of carbonyl (C=O) groups is 3. The van der Waals surface area contributed by atoms with Gasteiger partial charge in [0.2, 0.25) is 5.91 Å². The molecule has 0 aromatic carbocycles. The van der Waals surface area contributed by atoms with Crippen molar-refractivity contribution in [1.29, 1.82) is 0 Å². The second-order valence-electron chi connectivity index (χ2n) is 5.41. The summed E-state index contributed by atoms with van der Waals surface area (Å²) < 4.78 is 42.1. The monoisotopic (exact) mass is 324 g/mol. The van der Waals surface area contributed by atoms with Crippen LogP contribution >= 0.6 is 0 Å². The maximum absolute atomic E-state index is 12.5. The molecule has 0 saturated carbocycles. The van der Waals surface area contributed by atoms with Crippen molar-refractivity contribution in [2.75, 3.05) is 13.7 Å². The van der Waals surface area contributed by atoms with Gasteiger partial charge in [0, 0.05) is 6.54 Å². The highest BCUT2D eigenvalue weighted by Gasteiger charge is 2.48. The van der Waals surface area contributed by atoms with Gasteiger partial charge in [-0.3, -0.25) is 9.59 Å². The van der Waals surface area contributed by atoms with Gasteiger partial charge in [-0.25, -0.2) is 4.79 Å². The first-order valence-corrected chi connectivity index (χ1v) is 6.85. The molecule has 1 saturated heterocycles. The molecule has 1 fully saturated rings. The fourth-order valence-corrected chi connectivity index (χ4v) is 2.32. The smallest absolute Gasteiger partial charge is 0.467 e. The number of alkyl halides is 3. The zero-order valence-corrected chi connectivity index (χ0v) is 12.6. The van der Waals surface area contributed by atoms with E-state index in [4.69, 9.17) is 0 Å². The summed E-state index contributed by atoms with van der Waals surface area (Å²) in [5.74, 6) is -3.80. The number of carbonyl (C=O) groups excluding carboxylic acids is 3. The van der Waals surface area contributed by atoms with Crippen LogP contribution in [-0.4, -0.2) is 54.6 Å². The average molecular weight is 324 g/mol. The van der Waals surface area contributed by atoms with Crippen LogP contribution < -0.4 is 5.32 Å². The molecule has 2 atom stereocenters. The van der Waals surface area contributed by atoms with Crippen LogP contribution in [0.1, 0.15) is 26.7 Å². The van der Waals surface area contributed by atoms with Crippen LogP contribution in [0.3, 0.4) is 0 Å². The van der Waals surface area contributed by atoms with Crippen molar-refractivity contribution in [3.63, 3.8) is 0 Å². The van der Waals surface area contributed by atoms with Crippen molar-refractivity contribution in [3.05, 3.63) is 0 Å². The topological polar surface area (TPSA) is 75.7 Å². The molecule has 0 radical (unpaired) electrons. The minimum absolute atomic E-state index is 0.125. The zero-order valence-electron chi connectivity index (χ0n) is 12.6. The number of amides is 2. The van der Waals surface area contributed by atoms with E-state index in [-0.39, 0.29) is 18.9 Å². The molecule has 0 spiro atoms. The number of nitrogens with one attached hydrogen (secondary N) is 1. The summed E-state index contributed by atoms with van der Waals surface area (Å²) in [5.41, 5.74) is 0. The number of hydrogen-bond acceptors (Lipinski definition) is 4. The minimum atomic E-state index is -5.03. The molecule has 9 heteroatoms. The summed E-state index contributed by atoms with van der Waals surface area (Å²) in [6.45, 7) is 3.19. The molecule has 6 nitrogen and oxygen atoms in total. The molecule has 0 aliphatic carbocycles. The number of esters is 1. The van der Waals surface area contributed by atoms with E-state index in [0.717, 1.165) is 7.11 Å². The molecule has 1 aliphatic heterocycles. The van der Waals surface area contributed by atoms with Crippen LogP contribution in [0.25, 0.3) is 0 Å². The van der Waals surface area contributed by atoms with Gasteiger partial charge in [0.25, 0.3) is 0 Å². The summed E-state index contributed by atoms with van der Waals surface area (Å²) in [4.78, 5) is 35.5. The van der Waals surface area contributed by atoms with Crippen molar-refractivity contribution in [3.8, 4) is 0 Å². The summed E-state index contributed by atoms with van der Waals surface area (Å²) in [7, 11) is 1.15. The Hall–Kier alpha value is -1.80. The number of halogens is 3. The first-order chi connectivity index (χ1) is 10.1. The SMILES string of the molecule is COC(=O)[C@@H](NC(=O)[C@@H]1CCCN1C(=O)C(F)(F)F)C(C)C. The van der Waals surface area contributed by atoms with Crippen molar-refractivity contribution in [1.82, 2.24) is 10.2 Å². The minimum Gasteiger partial charge on any atom is -0.467 e. The molecule has 0 aromatic rings. The maximum Gasteiger partial charge on any atom is 0.471 e. The Bertz CT molecular complexity index is 451. The van der Waals surface area contributed by atoms with Gasteiger partial charge in [-0.2, -0.15) is 13.2 Å². The molecule has 1 heterocycles. The molecular weight excluding hydrogens is 305 g/mol. The van der Waals surface area contributed by atoms with Crippen LogP contribution in [-0.2, 0) is 19.1 Å². The van der Waals surface area contributed by atoms with Gasteiger partial charge in [0.05, 0.1) is 7.11 Å². The first-order valence-electron chi connectivity index (χ1n) is 6.85. The highest BCUT2D eigenvalue weighted by molar-refractivity contribution is 5.92. The van der Waals surface area contributed by atoms with E-state index in [1.54, 1.807) is 13.8 Å². The number of nitrogens with zero attached hydrogens (tertiary/aromatic N) is 1. The fraction of sp³-hybridized carbons (Fsp3) is 0.769. The molecule has 1 aliphatic rings. The van der Waals surface area contributed by atoms with E-state index in [1.165, 1.54) is 0 Å². The molecule has 0 bridgehead atoms. The van der Waals surface area contributed by atoms with Gasteiger partial charge >= 0.3 is 18.1 Å². The Morgan fingerprint density at radius 3 is 2.32 bits per heavy atom. The third kappa shape index (κ3) is 4.11. The quantitative estimate of drug-likeness (QED) is 0.778. The molecular formula is C13H19F3N2O4. The Balaban J connectivity index is 2.83. The molecule has 0 unspecified atom stereocenters. The summed E-state index contributed by atoms with van der Waals surface area (Å²) in [6, 6.07) is -2.19. The Labute approximate surface area is 126 Å². The van der Waals surface area contributed by atoms with Gasteiger partial charge in [-0.15, -0.1) is 0 Å². The number of likely N-dealkylation sites (tertiary alicyclic amines) is 1. The van der Waals surface area contributed by atoms with E-state index >= 15 is 0 Å². The van der Waals surface area contributed by atoms with Crippen molar-refractivity contribution >= 4 is 17.8 Å². The Morgan fingerprint density at radius 2 is 1.86 bits per heavy atom. The van der Waals surface area contributed by atoms with Crippen LogP contribution in [0, 0.1) is 5.92 Å². The number of ether oxygens (including phenoxy) is 1. The van der Waals surface area contributed by atoms with Gasteiger partial charge in [-0.05, 0) is 18.8 Å². The Morgan fingerprint density at radius 1 is 1.27 bits per heavy atom. The standard InChI is InChI=1S/C13H19F3N2O4/c1-7(2)9(11(20)22-3)17-10(19)8-5-4-6-18(8)12(21)13(14,15)16/h7-9H,4-6H2,1-3H3,(H,17,19)/t8-,9-/m0/s1. The van der Waals surface area contributed by atoms with Crippen molar-refractivity contribution < 1.29 is 32.3 Å². The largest absolute Gasteiger partial charge is 0.471 e. The maximum atomic E-state index is 12.5. The second kappa shape index (κ2) is 6.97. The average Bonchev–Trinajstić information content (AvgIpc) is 2.90. The van der Waals surface area contributed by atoms with Crippen molar-refractivity contribution in [2.45, 2.75) is 44.9 Å². The van der Waals surface area contributed by atoms with E-state index in [9.17, 15) is 27.6 Å². The van der Waals surface area contributed by atoms with E-state index < -0.39 is 36.0 Å². The lowest BCUT2D eigenvalue weighted by Crippen LogP contribution is -2.54. The highest BCUT2D eigenvalue weighted by atomic mass is 19.4. The number of hydrogen-bond donors (Lipinski definition) is 1. The third-order valence-electron chi connectivity index (χ3n) is 3.48. The van der Waals surface area contributed by atoms with Crippen LogP contribution in [0.15, 0.2) is 0 Å². The molecule has 1 rings (SSSR count). The predicted octanol–water partition coefficient (Wildman–Crippen LogP) is 0.853. The third-order valence-corrected chi connectivity index (χ3v) is 3.48. The summed E-state index contributed by atoms with van der Waals surface area (Å²) >= 11 is 0. The van der Waals surface area contributed by atoms with Gasteiger partial charge in [0.15, 0.2) is 0 Å². The summed E-state index contributed by atoms with van der Waals surface area (Å²) in [6.07, 6.45) is -4.60. The lowest BCUT2D eigenvalue weighted by Gasteiger charge is -2.27. The van der Waals surface area contributed by atoms with Gasteiger partial charge in [0.1, 0.15) is 12.1 Å². The zero-order chi connectivity index (χ0) is 17.1. The lowest BCUT2D eigenvalue weighted by atomic mass is 10.0. The molecule has 2 amide bonds. The lowest BCUT2D eigenvalue weighted by molar-refractivity contribution is -0.186. The van der Waals surface area contributed by atoms with E-state index in [0.29, 0.717) is 11.3 Å². The summed E-state index contributed by atoms with van der Waals surface area (Å²) in [5, 5.41) is 2.37. The number of rotatable bonds is 4. The van der Waals surface area contributed by atoms with Crippen LogP contribution in [0.2, 0.25) is 0 Å². The van der Waals surface area contributed by atoms with E-state index in [1.807, 2.05) is 0 Å². The van der Waals surface area contributed by atoms with Crippen molar-refractivity contribution in [2.24, 2.45) is 5.92 Å². The highest BCUT2D eigenvalue weighted by Crippen LogP contribution is 2.26. The predicted molar refractivity (Wildman–Crippen MR) is 69.6 cm³/mol. The second-order valence-corrected chi connectivity index (χ2v) is 5.41.